The van der Waals surface area contributed by atoms with Crippen LogP contribution in [-0.4, -0.2) is 30.1 Å². The van der Waals surface area contributed by atoms with Crippen LogP contribution < -0.4 is 5.73 Å². The molecule has 0 aromatic rings. The van der Waals surface area contributed by atoms with Gasteiger partial charge in [0.05, 0.1) is 0 Å². The largest absolute Gasteiger partial charge is 0.330 e. The Morgan fingerprint density at radius 3 is 2.79 bits per heavy atom. The average Bonchev–Trinajstić information content (AvgIpc) is 2.66. The van der Waals surface area contributed by atoms with Crippen LogP contribution in [0.1, 0.15) is 33.1 Å². The lowest BCUT2D eigenvalue weighted by atomic mass is 10.0. The molecule has 2 nitrogen and oxygen atoms in total. The van der Waals surface area contributed by atoms with E-state index in [-0.39, 0.29) is 0 Å². The SMILES string of the molecule is C=CC(C)N(CC)C1CCCC1CN. The molecule has 1 aliphatic rings. The van der Waals surface area contributed by atoms with Crippen molar-refractivity contribution in [3.8, 4) is 0 Å². The maximum Gasteiger partial charge on any atom is 0.0250 e. The Kier molecular flexibility index (Phi) is 4.63. The van der Waals surface area contributed by atoms with Crippen LogP contribution in [-0.2, 0) is 0 Å². The molecule has 1 saturated carbocycles. The van der Waals surface area contributed by atoms with Gasteiger partial charge in [0.25, 0.3) is 0 Å². The van der Waals surface area contributed by atoms with E-state index in [0.29, 0.717) is 18.0 Å². The Bertz CT molecular complexity index is 179. The van der Waals surface area contributed by atoms with Crippen molar-refractivity contribution in [2.45, 2.75) is 45.2 Å². The molecule has 1 fully saturated rings. The maximum absolute atomic E-state index is 5.81. The zero-order valence-electron chi connectivity index (χ0n) is 9.58. The van der Waals surface area contributed by atoms with Gasteiger partial charge in [-0.2, -0.15) is 0 Å². The monoisotopic (exact) mass is 196 g/mol. The van der Waals surface area contributed by atoms with E-state index in [9.17, 15) is 0 Å². The summed E-state index contributed by atoms with van der Waals surface area (Å²) in [6.07, 6.45) is 6.00. The van der Waals surface area contributed by atoms with E-state index < -0.39 is 0 Å². The fourth-order valence-electron chi connectivity index (χ4n) is 2.69. The molecule has 1 aliphatic carbocycles. The minimum atomic E-state index is 0.483. The van der Waals surface area contributed by atoms with Crippen LogP contribution in [0.15, 0.2) is 12.7 Å². The summed E-state index contributed by atoms with van der Waals surface area (Å²) in [6, 6.07) is 1.18. The van der Waals surface area contributed by atoms with Gasteiger partial charge in [0.2, 0.25) is 0 Å². The van der Waals surface area contributed by atoms with Crippen molar-refractivity contribution in [3.05, 3.63) is 12.7 Å². The number of nitrogens with two attached hydrogens (primary N) is 1. The maximum atomic E-state index is 5.81. The topological polar surface area (TPSA) is 29.3 Å². The highest BCUT2D eigenvalue weighted by Crippen LogP contribution is 2.30. The first-order valence-electron chi connectivity index (χ1n) is 5.82. The minimum absolute atomic E-state index is 0.483. The van der Waals surface area contributed by atoms with Crippen LogP contribution in [0.3, 0.4) is 0 Å². The quantitative estimate of drug-likeness (QED) is 0.682. The first-order valence-corrected chi connectivity index (χ1v) is 5.82. The molecule has 0 bridgehead atoms. The average molecular weight is 196 g/mol. The zero-order valence-corrected chi connectivity index (χ0v) is 9.58. The second kappa shape index (κ2) is 5.52. The number of rotatable bonds is 5. The summed E-state index contributed by atoms with van der Waals surface area (Å²) in [4.78, 5) is 2.54. The second-order valence-electron chi connectivity index (χ2n) is 4.30. The molecule has 3 atom stereocenters. The van der Waals surface area contributed by atoms with Crippen molar-refractivity contribution in [2.75, 3.05) is 13.1 Å². The summed E-state index contributed by atoms with van der Waals surface area (Å²) in [6.45, 7) is 10.3. The molecule has 0 aromatic carbocycles. The van der Waals surface area contributed by atoms with E-state index in [1.54, 1.807) is 0 Å². The number of nitrogens with zero attached hydrogens (tertiary/aromatic N) is 1. The van der Waals surface area contributed by atoms with Gasteiger partial charge in [-0.15, -0.1) is 6.58 Å². The van der Waals surface area contributed by atoms with Gasteiger partial charge in [-0.1, -0.05) is 19.4 Å². The third-order valence-electron chi connectivity index (χ3n) is 3.58. The lowest BCUT2D eigenvalue weighted by Crippen LogP contribution is -2.44. The summed E-state index contributed by atoms with van der Waals surface area (Å²) in [7, 11) is 0. The zero-order chi connectivity index (χ0) is 10.6. The molecular weight excluding hydrogens is 172 g/mol. The van der Waals surface area contributed by atoms with Gasteiger partial charge in [0, 0.05) is 12.1 Å². The Hall–Kier alpha value is -0.340. The highest BCUT2D eigenvalue weighted by atomic mass is 15.2. The van der Waals surface area contributed by atoms with Crippen LogP contribution >= 0.6 is 0 Å². The van der Waals surface area contributed by atoms with E-state index in [1.807, 2.05) is 6.08 Å². The highest BCUT2D eigenvalue weighted by molar-refractivity contribution is 4.92. The predicted molar refractivity (Wildman–Crippen MR) is 62.2 cm³/mol. The van der Waals surface area contributed by atoms with Crippen molar-refractivity contribution in [2.24, 2.45) is 11.7 Å². The van der Waals surface area contributed by atoms with E-state index in [1.165, 1.54) is 19.3 Å². The first-order chi connectivity index (χ1) is 6.74. The lowest BCUT2D eigenvalue weighted by Gasteiger charge is -2.35. The van der Waals surface area contributed by atoms with Crippen molar-refractivity contribution >= 4 is 0 Å². The standard InChI is InChI=1S/C12H24N2/c1-4-10(3)14(5-2)12-8-6-7-11(12)9-13/h4,10-12H,1,5-9,13H2,2-3H3. The Labute approximate surface area is 88.2 Å². The first kappa shape index (κ1) is 11.7. The van der Waals surface area contributed by atoms with E-state index in [0.717, 1.165) is 13.1 Å². The third kappa shape index (κ3) is 2.37. The molecule has 2 N–H and O–H groups in total. The molecule has 0 aliphatic heterocycles. The summed E-state index contributed by atoms with van der Waals surface area (Å²) in [5.74, 6) is 0.706. The van der Waals surface area contributed by atoms with Gasteiger partial charge in [0.15, 0.2) is 0 Å². The van der Waals surface area contributed by atoms with Crippen LogP contribution in [0.4, 0.5) is 0 Å². The molecule has 2 heteroatoms. The molecule has 14 heavy (non-hydrogen) atoms. The molecule has 0 spiro atoms. The number of likely N-dealkylation sites (N-methyl/N-ethyl adjacent to an activating group) is 1. The summed E-state index contributed by atoms with van der Waals surface area (Å²) >= 11 is 0. The number of hydrogen-bond acceptors (Lipinski definition) is 2. The molecule has 0 saturated heterocycles. The second-order valence-corrected chi connectivity index (χ2v) is 4.30. The van der Waals surface area contributed by atoms with E-state index in [4.69, 9.17) is 5.73 Å². The van der Waals surface area contributed by atoms with Gasteiger partial charge in [-0.05, 0) is 38.8 Å². The molecule has 0 radical (unpaired) electrons. The van der Waals surface area contributed by atoms with E-state index >= 15 is 0 Å². The lowest BCUT2D eigenvalue weighted by molar-refractivity contribution is 0.146. The smallest absolute Gasteiger partial charge is 0.0250 e. The molecular formula is C12H24N2. The van der Waals surface area contributed by atoms with Gasteiger partial charge in [-0.3, -0.25) is 4.90 Å². The van der Waals surface area contributed by atoms with Crippen LogP contribution in [0.2, 0.25) is 0 Å². The molecule has 0 heterocycles. The predicted octanol–water partition coefficient (Wildman–Crippen LogP) is 2.01. The fourth-order valence-corrected chi connectivity index (χ4v) is 2.69. The summed E-state index contributed by atoms with van der Waals surface area (Å²) < 4.78 is 0. The highest BCUT2D eigenvalue weighted by Gasteiger charge is 2.31. The van der Waals surface area contributed by atoms with Gasteiger partial charge < -0.3 is 5.73 Å². The van der Waals surface area contributed by atoms with Gasteiger partial charge in [-0.25, -0.2) is 0 Å². The van der Waals surface area contributed by atoms with Gasteiger partial charge in [0.1, 0.15) is 0 Å². The van der Waals surface area contributed by atoms with Crippen LogP contribution in [0, 0.1) is 5.92 Å². The normalized spacial score (nSPS) is 29.4. The Morgan fingerprint density at radius 1 is 1.57 bits per heavy atom. The van der Waals surface area contributed by atoms with Crippen molar-refractivity contribution in [3.63, 3.8) is 0 Å². The number of hydrogen-bond donors (Lipinski definition) is 1. The Morgan fingerprint density at radius 2 is 2.29 bits per heavy atom. The van der Waals surface area contributed by atoms with E-state index in [2.05, 4.69) is 25.3 Å². The summed E-state index contributed by atoms with van der Waals surface area (Å²) in [5.41, 5.74) is 5.81. The van der Waals surface area contributed by atoms with Crippen molar-refractivity contribution < 1.29 is 0 Å². The molecule has 0 aromatic heterocycles. The Balaban J connectivity index is 2.62. The summed E-state index contributed by atoms with van der Waals surface area (Å²) in [5, 5.41) is 0. The van der Waals surface area contributed by atoms with Crippen molar-refractivity contribution in [1.82, 2.24) is 4.90 Å². The minimum Gasteiger partial charge on any atom is -0.330 e. The molecule has 3 unspecified atom stereocenters. The van der Waals surface area contributed by atoms with Crippen LogP contribution in [0.25, 0.3) is 0 Å². The molecule has 1 rings (SSSR count). The van der Waals surface area contributed by atoms with Gasteiger partial charge >= 0.3 is 0 Å². The fraction of sp³-hybridized carbons (Fsp3) is 0.833. The van der Waals surface area contributed by atoms with Crippen LogP contribution in [0.5, 0.6) is 0 Å². The van der Waals surface area contributed by atoms with Crippen molar-refractivity contribution in [1.29, 1.82) is 0 Å². The third-order valence-corrected chi connectivity index (χ3v) is 3.58. The molecule has 82 valence electrons. The molecule has 0 amide bonds.